The van der Waals surface area contributed by atoms with Crippen molar-refractivity contribution in [3.8, 4) is 11.5 Å². The Bertz CT molecular complexity index is 623. The van der Waals surface area contributed by atoms with Crippen LogP contribution in [0, 0.1) is 0 Å². The molecule has 0 unspecified atom stereocenters. The molecule has 0 bridgehead atoms. The summed E-state index contributed by atoms with van der Waals surface area (Å²) in [7, 11) is 0. The topological polar surface area (TPSA) is 30.5 Å². The van der Waals surface area contributed by atoms with Crippen LogP contribution in [0.2, 0.25) is 0 Å². The molecule has 0 atom stereocenters. The number of nitrogens with one attached hydrogen (secondary N) is 1. The molecular weight excluding hydrogens is 271 g/mol. The summed E-state index contributed by atoms with van der Waals surface area (Å²) in [5.74, 6) is 1.27. The van der Waals surface area contributed by atoms with Crippen LogP contribution in [0.15, 0.2) is 42.5 Å². The van der Waals surface area contributed by atoms with Crippen molar-refractivity contribution < 1.29 is 22.6 Å². The molecule has 3 rings (SSSR count). The standard InChI is InChI=1S/C14H10F3NO2/c15-14(16,17)9-1-3-10(4-2-9)18-11-5-6-12-13(7-11)20-8-19-12/h1-7,18H,8H2. The Kier molecular flexibility index (Phi) is 2.93. The Balaban J connectivity index is 1.78. The largest absolute Gasteiger partial charge is 0.454 e. The smallest absolute Gasteiger partial charge is 0.416 e. The van der Waals surface area contributed by atoms with Crippen LogP contribution in [-0.4, -0.2) is 6.79 Å². The maximum atomic E-state index is 12.4. The van der Waals surface area contributed by atoms with Gasteiger partial charge in [-0.2, -0.15) is 13.2 Å². The summed E-state index contributed by atoms with van der Waals surface area (Å²) in [6.45, 7) is 0.180. The molecule has 1 aliphatic rings. The minimum atomic E-state index is -4.32. The van der Waals surface area contributed by atoms with Crippen LogP contribution < -0.4 is 14.8 Å². The first-order chi connectivity index (χ1) is 9.52. The van der Waals surface area contributed by atoms with Gasteiger partial charge in [-0.15, -0.1) is 0 Å². The Hall–Kier alpha value is -2.37. The molecule has 0 aromatic heterocycles. The molecule has 104 valence electrons. The number of benzene rings is 2. The van der Waals surface area contributed by atoms with Crippen LogP contribution in [0.4, 0.5) is 24.5 Å². The van der Waals surface area contributed by atoms with Crippen LogP contribution in [-0.2, 0) is 6.18 Å². The summed E-state index contributed by atoms with van der Waals surface area (Å²) in [5, 5.41) is 3.01. The van der Waals surface area contributed by atoms with Crippen LogP contribution in [0.3, 0.4) is 0 Å². The molecule has 0 aliphatic carbocycles. The normalized spacial score (nSPS) is 13.3. The van der Waals surface area contributed by atoms with Crippen LogP contribution in [0.5, 0.6) is 11.5 Å². The van der Waals surface area contributed by atoms with Crippen LogP contribution in [0.1, 0.15) is 5.56 Å². The second-order valence-electron chi connectivity index (χ2n) is 4.27. The lowest BCUT2D eigenvalue weighted by Crippen LogP contribution is -2.04. The summed E-state index contributed by atoms with van der Waals surface area (Å²) in [4.78, 5) is 0. The first kappa shape index (κ1) is 12.7. The third kappa shape index (κ3) is 2.49. The minimum Gasteiger partial charge on any atom is -0.454 e. The van der Waals surface area contributed by atoms with E-state index in [4.69, 9.17) is 9.47 Å². The Morgan fingerprint density at radius 2 is 1.50 bits per heavy atom. The van der Waals surface area contributed by atoms with Crippen molar-refractivity contribution >= 4 is 11.4 Å². The highest BCUT2D eigenvalue weighted by Crippen LogP contribution is 2.35. The maximum Gasteiger partial charge on any atom is 0.416 e. The number of alkyl halides is 3. The van der Waals surface area contributed by atoms with Gasteiger partial charge in [0.1, 0.15) is 0 Å². The first-order valence-electron chi connectivity index (χ1n) is 5.86. The predicted molar refractivity (Wildman–Crippen MR) is 67.3 cm³/mol. The number of rotatable bonds is 2. The summed E-state index contributed by atoms with van der Waals surface area (Å²) in [6.07, 6.45) is -4.32. The summed E-state index contributed by atoms with van der Waals surface area (Å²) >= 11 is 0. The van der Waals surface area contributed by atoms with E-state index in [0.29, 0.717) is 22.9 Å². The zero-order chi connectivity index (χ0) is 14.2. The molecule has 0 saturated carbocycles. The Morgan fingerprint density at radius 1 is 0.850 bits per heavy atom. The van der Waals surface area contributed by atoms with Crippen molar-refractivity contribution in [2.24, 2.45) is 0 Å². The third-order valence-corrected chi connectivity index (χ3v) is 2.87. The predicted octanol–water partition coefficient (Wildman–Crippen LogP) is 4.18. The highest BCUT2D eigenvalue weighted by molar-refractivity contribution is 5.64. The van der Waals surface area contributed by atoms with Gasteiger partial charge in [-0.25, -0.2) is 0 Å². The quantitative estimate of drug-likeness (QED) is 0.895. The molecule has 2 aromatic rings. The number of anilines is 2. The monoisotopic (exact) mass is 281 g/mol. The molecule has 0 radical (unpaired) electrons. The maximum absolute atomic E-state index is 12.4. The average molecular weight is 281 g/mol. The average Bonchev–Trinajstić information content (AvgIpc) is 2.86. The zero-order valence-corrected chi connectivity index (χ0v) is 10.2. The highest BCUT2D eigenvalue weighted by Gasteiger charge is 2.29. The fraction of sp³-hybridized carbons (Fsp3) is 0.143. The number of fused-ring (bicyclic) bond motifs is 1. The summed E-state index contributed by atoms with van der Waals surface area (Å²) < 4.78 is 47.7. The lowest BCUT2D eigenvalue weighted by molar-refractivity contribution is -0.137. The van der Waals surface area contributed by atoms with E-state index in [0.717, 1.165) is 12.1 Å². The lowest BCUT2D eigenvalue weighted by Gasteiger charge is -2.10. The Labute approximate surface area is 112 Å². The van der Waals surface area contributed by atoms with Crippen molar-refractivity contribution in [3.05, 3.63) is 48.0 Å². The number of hydrogen-bond donors (Lipinski definition) is 1. The van der Waals surface area contributed by atoms with Gasteiger partial charge in [0.05, 0.1) is 5.56 Å². The van der Waals surface area contributed by atoms with Gasteiger partial charge >= 0.3 is 6.18 Å². The fourth-order valence-electron chi connectivity index (χ4n) is 1.88. The molecule has 2 aromatic carbocycles. The van der Waals surface area contributed by atoms with Gasteiger partial charge in [-0.3, -0.25) is 0 Å². The van der Waals surface area contributed by atoms with E-state index in [2.05, 4.69) is 5.32 Å². The lowest BCUT2D eigenvalue weighted by atomic mass is 10.2. The van der Waals surface area contributed by atoms with Gasteiger partial charge in [0, 0.05) is 17.4 Å². The summed E-state index contributed by atoms with van der Waals surface area (Å²) in [5.41, 5.74) is 0.611. The second-order valence-corrected chi connectivity index (χ2v) is 4.27. The molecule has 3 nitrogen and oxygen atoms in total. The molecule has 1 aliphatic heterocycles. The van der Waals surface area contributed by atoms with E-state index in [1.165, 1.54) is 12.1 Å². The summed E-state index contributed by atoms with van der Waals surface area (Å²) in [6, 6.07) is 10.1. The fourth-order valence-corrected chi connectivity index (χ4v) is 1.88. The molecular formula is C14H10F3NO2. The molecule has 0 saturated heterocycles. The minimum absolute atomic E-state index is 0.180. The molecule has 0 fully saturated rings. The van der Waals surface area contributed by atoms with Gasteiger partial charge in [0.15, 0.2) is 11.5 Å². The van der Waals surface area contributed by atoms with E-state index in [-0.39, 0.29) is 6.79 Å². The SMILES string of the molecule is FC(F)(F)c1ccc(Nc2ccc3c(c2)OCO3)cc1. The third-order valence-electron chi connectivity index (χ3n) is 2.87. The van der Waals surface area contributed by atoms with Crippen molar-refractivity contribution in [1.29, 1.82) is 0 Å². The number of hydrogen-bond acceptors (Lipinski definition) is 3. The molecule has 6 heteroatoms. The second kappa shape index (κ2) is 4.63. The van der Waals surface area contributed by atoms with E-state index in [9.17, 15) is 13.2 Å². The van der Waals surface area contributed by atoms with E-state index in [1.807, 2.05) is 0 Å². The Morgan fingerprint density at radius 3 is 2.20 bits per heavy atom. The van der Waals surface area contributed by atoms with Crippen LogP contribution in [0.25, 0.3) is 0 Å². The van der Waals surface area contributed by atoms with Crippen LogP contribution >= 0.6 is 0 Å². The van der Waals surface area contributed by atoms with Gasteiger partial charge in [0.25, 0.3) is 0 Å². The van der Waals surface area contributed by atoms with Gasteiger partial charge < -0.3 is 14.8 Å². The van der Waals surface area contributed by atoms with E-state index < -0.39 is 11.7 Å². The molecule has 1 heterocycles. The van der Waals surface area contributed by atoms with Crippen molar-refractivity contribution in [2.75, 3.05) is 12.1 Å². The van der Waals surface area contributed by atoms with Crippen molar-refractivity contribution in [3.63, 3.8) is 0 Å². The molecule has 0 spiro atoms. The number of ether oxygens (including phenoxy) is 2. The first-order valence-corrected chi connectivity index (χ1v) is 5.86. The van der Waals surface area contributed by atoms with Gasteiger partial charge in [-0.1, -0.05) is 0 Å². The highest BCUT2D eigenvalue weighted by atomic mass is 19.4. The van der Waals surface area contributed by atoms with E-state index >= 15 is 0 Å². The molecule has 20 heavy (non-hydrogen) atoms. The van der Waals surface area contributed by atoms with Crippen molar-refractivity contribution in [2.45, 2.75) is 6.18 Å². The van der Waals surface area contributed by atoms with Gasteiger partial charge in [0.2, 0.25) is 6.79 Å². The zero-order valence-electron chi connectivity index (χ0n) is 10.2. The molecule has 0 amide bonds. The van der Waals surface area contributed by atoms with Gasteiger partial charge in [-0.05, 0) is 36.4 Å². The van der Waals surface area contributed by atoms with E-state index in [1.54, 1.807) is 18.2 Å². The molecule has 1 N–H and O–H groups in total. The van der Waals surface area contributed by atoms with Crippen molar-refractivity contribution in [1.82, 2.24) is 0 Å². The number of halogens is 3.